The van der Waals surface area contributed by atoms with E-state index in [2.05, 4.69) is 5.32 Å². The van der Waals surface area contributed by atoms with Crippen molar-refractivity contribution < 1.29 is 14.4 Å². The largest absolute Gasteiger partial charge is 0.326 e. The molecule has 0 aromatic heterocycles. The Morgan fingerprint density at radius 2 is 1.31 bits per heavy atom. The lowest BCUT2D eigenvalue weighted by molar-refractivity contribution is -0.115. The van der Waals surface area contributed by atoms with Crippen molar-refractivity contribution in [2.24, 2.45) is 0 Å². The van der Waals surface area contributed by atoms with Crippen LogP contribution in [0.1, 0.15) is 31.8 Å². The van der Waals surface area contributed by atoms with E-state index in [0.29, 0.717) is 30.5 Å². The average Bonchev–Trinajstić information content (AvgIpc) is 2.98. The van der Waals surface area contributed by atoms with Gasteiger partial charge in [-0.2, -0.15) is 0 Å². The molecule has 144 valence electrons. The standard InChI is InChI=1S/C24H20N2O3/c27-22(16-18-6-2-1-3-7-18)25-19-12-10-17(11-13-19)14-15-26-23(28)20-8-4-5-9-21(20)24(26)29/h1-13H,14-16H2,(H,25,27). The Hall–Kier alpha value is -3.73. The SMILES string of the molecule is O=C(Cc1ccccc1)Nc1ccc(CCN2C(=O)c3ccccc3C2=O)cc1. The van der Waals surface area contributed by atoms with Gasteiger partial charge in [0.15, 0.2) is 0 Å². The molecule has 5 heteroatoms. The van der Waals surface area contributed by atoms with Crippen molar-refractivity contribution in [1.82, 2.24) is 4.90 Å². The molecule has 0 saturated carbocycles. The first kappa shape index (κ1) is 18.6. The number of fused-ring (bicyclic) bond motifs is 1. The molecule has 1 aliphatic rings. The first-order chi connectivity index (χ1) is 14.1. The van der Waals surface area contributed by atoms with Gasteiger partial charge in [0.1, 0.15) is 0 Å². The molecule has 3 amide bonds. The molecule has 0 atom stereocenters. The average molecular weight is 384 g/mol. The Labute approximate surface area is 169 Å². The number of nitrogens with one attached hydrogen (secondary N) is 1. The zero-order valence-electron chi connectivity index (χ0n) is 15.8. The van der Waals surface area contributed by atoms with Crippen molar-refractivity contribution in [2.75, 3.05) is 11.9 Å². The van der Waals surface area contributed by atoms with Crippen LogP contribution in [0.25, 0.3) is 0 Å². The molecule has 1 heterocycles. The molecule has 3 aromatic carbocycles. The summed E-state index contributed by atoms with van der Waals surface area (Å²) in [5.41, 5.74) is 3.60. The van der Waals surface area contributed by atoms with Crippen LogP contribution in [0.2, 0.25) is 0 Å². The first-order valence-electron chi connectivity index (χ1n) is 9.50. The summed E-state index contributed by atoms with van der Waals surface area (Å²) in [5.74, 6) is -0.555. The van der Waals surface area contributed by atoms with Gasteiger partial charge in [-0.15, -0.1) is 0 Å². The van der Waals surface area contributed by atoms with Gasteiger partial charge in [-0.05, 0) is 41.8 Å². The smallest absolute Gasteiger partial charge is 0.261 e. The molecule has 0 unspecified atom stereocenters. The molecule has 29 heavy (non-hydrogen) atoms. The second kappa shape index (κ2) is 8.10. The van der Waals surface area contributed by atoms with Gasteiger partial charge in [-0.1, -0.05) is 54.6 Å². The lowest BCUT2D eigenvalue weighted by Crippen LogP contribution is -2.31. The number of amides is 3. The van der Waals surface area contributed by atoms with Gasteiger partial charge in [-0.3, -0.25) is 19.3 Å². The zero-order chi connectivity index (χ0) is 20.2. The third-order valence-electron chi connectivity index (χ3n) is 4.95. The minimum absolute atomic E-state index is 0.0741. The lowest BCUT2D eigenvalue weighted by atomic mass is 10.1. The Bertz CT molecular complexity index is 1020. The van der Waals surface area contributed by atoms with Gasteiger partial charge < -0.3 is 5.32 Å². The molecule has 0 aliphatic carbocycles. The van der Waals surface area contributed by atoms with Crippen LogP contribution >= 0.6 is 0 Å². The van der Waals surface area contributed by atoms with Crippen LogP contribution in [0.5, 0.6) is 0 Å². The molecule has 0 fully saturated rings. The van der Waals surface area contributed by atoms with E-state index >= 15 is 0 Å². The van der Waals surface area contributed by atoms with Crippen molar-refractivity contribution in [1.29, 1.82) is 0 Å². The number of anilines is 1. The number of carbonyl (C=O) groups is 3. The minimum atomic E-state index is -0.240. The third-order valence-corrected chi connectivity index (χ3v) is 4.95. The highest BCUT2D eigenvalue weighted by Crippen LogP contribution is 2.22. The molecule has 1 aliphatic heterocycles. The highest BCUT2D eigenvalue weighted by atomic mass is 16.2. The van der Waals surface area contributed by atoms with Gasteiger partial charge >= 0.3 is 0 Å². The summed E-state index contributed by atoms with van der Waals surface area (Å²) < 4.78 is 0. The van der Waals surface area contributed by atoms with Crippen LogP contribution in [0.3, 0.4) is 0 Å². The molecule has 5 nitrogen and oxygen atoms in total. The maximum atomic E-state index is 12.4. The topological polar surface area (TPSA) is 66.5 Å². The predicted molar refractivity (Wildman–Crippen MR) is 111 cm³/mol. The number of carbonyl (C=O) groups excluding carboxylic acids is 3. The Morgan fingerprint density at radius 1 is 0.724 bits per heavy atom. The molecular weight excluding hydrogens is 364 g/mol. The predicted octanol–water partition coefficient (Wildman–Crippen LogP) is 3.71. The van der Waals surface area contributed by atoms with Crippen molar-refractivity contribution in [3.63, 3.8) is 0 Å². The molecule has 0 spiro atoms. The van der Waals surface area contributed by atoms with Crippen molar-refractivity contribution >= 4 is 23.4 Å². The van der Waals surface area contributed by atoms with E-state index < -0.39 is 0 Å². The van der Waals surface area contributed by atoms with E-state index in [-0.39, 0.29) is 17.7 Å². The highest BCUT2D eigenvalue weighted by Gasteiger charge is 2.34. The first-order valence-corrected chi connectivity index (χ1v) is 9.50. The van der Waals surface area contributed by atoms with Gasteiger partial charge in [0.2, 0.25) is 5.91 Å². The van der Waals surface area contributed by atoms with E-state index in [1.807, 2.05) is 54.6 Å². The Morgan fingerprint density at radius 3 is 1.93 bits per heavy atom. The van der Waals surface area contributed by atoms with Crippen molar-refractivity contribution in [2.45, 2.75) is 12.8 Å². The zero-order valence-corrected chi connectivity index (χ0v) is 15.8. The number of hydrogen-bond acceptors (Lipinski definition) is 3. The van der Waals surface area contributed by atoms with Crippen LogP contribution in [0.4, 0.5) is 5.69 Å². The number of benzene rings is 3. The number of imide groups is 1. The van der Waals surface area contributed by atoms with E-state index in [9.17, 15) is 14.4 Å². The van der Waals surface area contributed by atoms with Crippen LogP contribution in [-0.2, 0) is 17.6 Å². The van der Waals surface area contributed by atoms with E-state index in [1.165, 1.54) is 4.90 Å². The second-order valence-corrected chi connectivity index (χ2v) is 6.97. The van der Waals surface area contributed by atoms with Gasteiger partial charge in [0.05, 0.1) is 17.5 Å². The summed E-state index contributed by atoms with van der Waals surface area (Å²) in [6, 6.07) is 23.9. The lowest BCUT2D eigenvalue weighted by Gasteiger charge is -2.14. The minimum Gasteiger partial charge on any atom is -0.326 e. The van der Waals surface area contributed by atoms with Crippen molar-refractivity contribution in [3.8, 4) is 0 Å². The maximum Gasteiger partial charge on any atom is 0.261 e. The maximum absolute atomic E-state index is 12.4. The monoisotopic (exact) mass is 384 g/mol. The fraction of sp³-hybridized carbons (Fsp3) is 0.125. The van der Waals surface area contributed by atoms with Crippen LogP contribution in [0.15, 0.2) is 78.9 Å². The summed E-state index contributed by atoms with van der Waals surface area (Å²) in [6.45, 7) is 0.325. The van der Waals surface area contributed by atoms with Crippen molar-refractivity contribution in [3.05, 3.63) is 101 Å². The summed E-state index contributed by atoms with van der Waals surface area (Å²) in [4.78, 5) is 38.3. The normalized spacial score (nSPS) is 12.8. The summed E-state index contributed by atoms with van der Waals surface area (Å²) >= 11 is 0. The molecule has 4 rings (SSSR count). The van der Waals surface area contributed by atoms with Crippen LogP contribution in [-0.4, -0.2) is 29.2 Å². The Balaban J connectivity index is 1.33. The molecule has 1 N–H and O–H groups in total. The summed E-state index contributed by atoms with van der Waals surface area (Å²) in [6.07, 6.45) is 0.881. The number of rotatable bonds is 6. The molecule has 0 bridgehead atoms. The van der Waals surface area contributed by atoms with Gasteiger partial charge in [0, 0.05) is 12.2 Å². The fourth-order valence-corrected chi connectivity index (χ4v) is 3.42. The van der Waals surface area contributed by atoms with E-state index in [1.54, 1.807) is 24.3 Å². The number of nitrogens with zero attached hydrogens (tertiary/aromatic N) is 1. The van der Waals surface area contributed by atoms with Gasteiger partial charge in [0.25, 0.3) is 11.8 Å². The summed E-state index contributed by atoms with van der Waals surface area (Å²) in [5, 5.41) is 2.88. The summed E-state index contributed by atoms with van der Waals surface area (Å²) in [7, 11) is 0. The molecule has 0 saturated heterocycles. The second-order valence-electron chi connectivity index (χ2n) is 6.97. The van der Waals surface area contributed by atoms with E-state index in [0.717, 1.165) is 16.8 Å². The third kappa shape index (κ3) is 4.09. The highest BCUT2D eigenvalue weighted by molar-refractivity contribution is 6.21. The molecule has 0 radical (unpaired) electrons. The number of hydrogen-bond donors (Lipinski definition) is 1. The van der Waals surface area contributed by atoms with E-state index in [4.69, 9.17) is 0 Å². The molecule has 3 aromatic rings. The fourth-order valence-electron chi connectivity index (χ4n) is 3.42. The quantitative estimate of drug-likeness (QED) is 0.659. The molecular formula is C24H20N2O3. The van der Waals surface area contributed by atoms with Crippen LogP contribution in [0, 0.1) is 0 Å². The van der Waals surface area contributed by atoms with Crippen LogP contribution < -0.4 is 5.32 Å². The van der Waals surface area contributed by atoms with Gasteiger partial charge in [-0.25, -0.2) is 0 Å². The Kier molecular flexibility index (Phi) is 5.20.